The molecule has 0 saturated carbocycles. The Labute approximate surface area is 130 Å². The van der Waals surface area contributed by atoms with Crippen LogP contribution in [0.15, 0.2) is 24.3 Å². The monoisotopic (exact) mass is 306 g/mol. The molecule has 1 aliphatic heterocycles. The molecule has 0 bridgehead atoms. The summed E-state index contributed by atoms with van der Waals surface area (Å²) >= 11 is 0. The van der Waals surface area contributed by atoms with Gasteiger partial charge >= 0.3 is 0 Å². The maximum Gasteiger partial charge on any atom is 0.242 e. The lowest BCUT2D eigenvalue weighted by Gasteiger charge is -2.34. The molecule has 1 saturated heterocycles. The number of nitrogens with zero attached hydrogens (tertiary/aromatic N) is 1. The molecule has 120 valence electrons. The molecule has 2 amide bonds. The minimum atomic E-state index is -0.359. The van der Waals surface area contributed by atoms with E-state index in [0.717, 1.165) is 5.75 Å². The van der Waals surface area contributed by atoms with Gasteiger partial charge in [0.25, 0.3) is 0 Å². The van der Waals surface area contributed by atoms with Crippen LogP contribution in [0.5, 0.6) is 11.5 Å². The summed E-state index contributed by atoms with van der Waals surface area (Å²) in [4.78, 5) is 25.6. The lowest BCUT2D eigenvalue weighted by molar-refractivity contribution is -0.143. The quantitative estimate of drug-likeness (QED) is 0.857. The van der Waals surface area contributed by atoms with Crippen LogP contribution in [0.4, 0.5) is 0 Å². The first kappa shape index (κ1) is 16.1. The number of ether oxygens (including phenoxy) is 2. The maximum atomic E-state index is 12.2. The first-order valence-corrected chi connectivity index (χ1v) is 7.49. The van der Waals surface area contributed by atoms with E-state index in [1.165, 1.54) is 0 Å². The highest BCUT2D eigenvalue weighted by molar-refractivity contribution is 5.88. The van der Waals surface area contributed by atoms with Crippen molar-refractivity contribution >= 4 is 11.8 Å². The number of hydrogen-bond acceptors (Lipinski definition) is 4. The van der Waals surface area contributed by atoms with Crippen LogP contribution in [-0.2, 0) is 9.59 Å². The Bertz CT molecular complexity index is 515. The summed E-state index contributed by atoms with van der Waals surface area (Å²) < 4.78 is 10.6. The van der Waals surface area contributed by atoms with Gasteiger partial charge in [-0.05, 0) is 30.7 Å². The third-order valence-corrected chi connectivity index (χ3v) is 3.68. The number of methoxy groups -OCH3 is 1. The Morgan fingerprint density at radius 3 is 2.64 bits per heavy atom. The molecular formula is C16H22N2O4. The van der Waals surface area contributed by atoms with E-state index in [0.29, 0.717) is 31.9 Å². The molecule has 6 heteroatoms. The Morgan fingerprint density at radius 2 is 2.00 bits per heavy atom. The Morgan fingerprint density at radius 1 is 1.32 bits per heavy atom. The van der Waals surface area contributed by atoms with Crippen molar-refractivity contribution < 1.29 is 19.1 Å². The van der Waals surface area contributed by atoms with E-state index in [-0.39, 0.29) is 24.3 Å². The highest BCUT2D eigenvalue weighted by Gasteiger charge is 2.31. The zero-order valence-corrected chi connectivity index (χ0v) is 13.0. The van der Waals surface area contributed by atoms with E-state index >= 15 is 0 Å². The molecule has 1 atom stereocenters. The molecule has 1 unspecified atom stereocenters. The van der Waals surface area contributed by atoms with Crippen molar-refractivity contribution in [2.45, 2.75) is 25.8 Å². The number of benzene rings is 1. The van der Waals surface area contributed by atoms with Gasteiger partial charge in [0.05, 0.1) is 20.1 Å². The summed E-state index contributed by atoms with van der Waals surface area (Å²) in [6.45, 7) is 3.27. The van der Waals surface area contributed by atoms with Crippen molar-refractivity contribution in [3.63, 3.8) is 0 Å². The number of carbonyl (C=O) groups is 2. The van der Waals surface area contributed by atoms with Gasteiger partial charge in [-0.25, -0.2) is 0 Å². The molecule has 0 aromatic heterocycles. The first-order chi connectivity index (χ1) is 10.7. The highest BCUT2D eigenvalue weighted by atomic mass is 16.5. The van der Waals surface area contributed by atoms with Gasteiger partial charge in [0.15, 0.2) is 0 Å². The fraction of sp³-hybridized carbons (Fsp3) is 0.500. The van der Waals surface area contributed by atoms with Crippen LogP contribution < -0.4 is 14.8 Å². The number of nitrogens with one attached hydrogen (secondary N) is 1. The summed E-state index contributed by atoms with van der Waals surface area (Å²) in [7, 11) is 1.60. The van der Waals surface area contributed by atoms with Gasteiger partial charge in [0.1, 0.15) is 17.5 Å². The molecule has 0 radical (unpaired) electrons. The fourth-order valence-corrected chi connectivity index (χ4v) is 2.49. The lowest BCUT2D eigenvalue weighted by atomic mass is 10.1. The number of amides is 2. The Balaban J connectivity index is 1.82. The molecule has 1 aliphatic rings. The standard InChI is InChI=1S/C16H22N2O4/c1-3-14-16(20)17-9-10-18(14)15(19)8-11-22-13-6-4-12(21-2)5-7-13/h4-7,14H,3,8-11H2,1-2H3,(H,17,20). The average Bonchev–Trinajstić information content (AvgIpc) is 2.55. The van der Waals surface area contributed by atoms with Crippen molar-refractivity contribution in [1.29, 1.82) is 0 Å². The molecule has 22 heavy (non-hydrogen) atoms. The third-order valence-electron chi connectivity index (χ3n) is 3.68. The molecular weight excluding hydrogens is 284 g/mol. The van der Waals surface area contributed by atoms with Crippen LogP contribution in [0.2, 0.25) is 0 Å². The van der Waals surface area contributed by atoms with Gasteiger partial charge in [0.2, 0.25) is 11.8 Å². The molecule has 0 aliphatic carbocycles. The van der Waals surface area contributed by atoms with E-state index in [4.69, 9.17) is 9.47 Å². The SMILES string of the molecule is CCC1C(=O)NCCN1C(=O)CCOc1ccc(OC)cc1. The molecule has 1 N–H and O–H groups in total. The van der Waals surface area contributed by atoms with Crippen LogP contribution in [0.3, 0.4) is 0 Å². The highest BCUT2D eigenvalue weighted by Crippen LogP contribution is 2.17. The average molecular weight is 306 g/mol. The zero-order chi connectivity index (χ0) is 15.9. The molecule has 1 heterocycles. The topological polar surface area (TPSA) is 67.9 Å². The summed E-state index contributed by atoms with van der Waals surface area (Å²) in [5.41, 5.74) is 0. The predicted molar refractivity (Wildman–Crippen MR) is 81.9 cm³/mol. The van der Waals surface area contributed by atoms with Gasteiger partial charge < -0.3 is 19.7 Å². The van der Waals surface area contributed by atoms with E-state index in [2.05, 4.69) is 5.32 Å². The van der Waals surface area contributed by atoms with Gasteiger partial charge in [-0.2, -0.15) is 0 Å². The fourth-order valence-electron chi connectivity index (χ4n) is 2.49. The van der Waals surface area contributed by atoms with Crippen molar-refractivity contribution in [1.82, 2.24) is 10.2 Å². The van der Waals surface area contributed by atoms with Crippen molar-refractivity contribution in [3.8, 4) is 11.5 Å². The normalized spacial score (nSPS) is 17.8. The van der Waals surface area contributed by atoms with Crippen LogP contribution in [0.25, 0.3) is 0 Å². The lowest BCUT2D eigenvalue weighted by Crippen LogP contribution is -2.57. The number of piperazine rings is 1. The van der Waals surface area contributed by atoms with E-state index < -0.39 is 0 Å². The van der Waals surface area contributed by atoms with E-state index in [1.807, 2.05) is 6.92 Å². The van der Waals surface area contributed by atoms with Gasteiger partial charge in [-0.15, -0.1) is 0 Å². The van der Waals surface area contributed by atoms with Crippen LogP contribution in [-0.4, -0.2) is 49.6 Å². The molecule has 1 aromatic rings. The minimum absolute atomic E-state index is 0.0461. The largest absolute Gasteiger partial charge is 0.497 e. The van der Waals surface area contributed by atoms with Crippen molar-refractivity contribution in [3.05, 3.63) is 24.3 Å². The second-order valence-corrected chi connectivity index (χ2v) is 5.08. The summed E-state index contributed by atoms with van der Waals surface area (Å²) in [5, 5.41) is 2.78. The second kappa shape index (κ2) is 7.68. The van der Waals surface area contributed by atoms with Crippen LogP contribution >= 0.6 is 0 Å². The summed E-state index contributed by atoms with van der Waals surface area (Å²) in [6, 6.07) is 6.85. The van der Waals surface area contributed by atoms with Crippen molar-refractivity contribution in [2.24, 2.45) is 0 Å². The van der Waals surface area contributed by atoms with E-state index in [9.17, 15) is 9.59 Å². The Hall–Kier alpha value is -2.24. The molecule has 1 fully saturated rings. The van der Waals surface area contributed by atoms with Crippen molar-refractivity contribution in [2.75, 3.05) is 26.8 Å². The smallest absolute Gasteiger partial charge is 0.242 e. The van der Waals surface area contributed by atoms with Gasteiger partial charge in [-0.3, -0.25) is 9.59 Å². The zero-order valence-electron chi connectivity index (χ0n) is 13.0. The molecule has 0 spiro atoms. The number of rotatable bonds is 6. The van der Waals surface area contributed by atoms with Crippen LogP contribution in [0, 0.1) is 0 Å². The molecule has 2 rings (SSSR count). The van der Waals surface area contributed by atoms with E-state index in [1.54, 1.807) is 36.3 Å². The second-order valence-electron chi connectivity index (χ2n) is 5.08. The molecule has 1 aromatic carbocycles. The molecule has 6 nitrogen and oxygen atoms in total. The Kier molecular flexibility index (Phi) is 5.63. The first-order valence-electron chi connectivity index (χ1n) is 7.49. The predicted octanol–water partition coefficient (Wildman–Crippen LogP) is 1.20. The summed E-state index contributed by atoms with van der Waals surface area (Å²) in [6.07, 6.45) is 0.882. The van der Waals surface area contributed by atoms with Gasteiger partial charge in [-0.1, -0.05) is 6.92 Å². The summed E-state index contributed by atoms with van der Waals surface area (Å²) in [5.74, 6) is 1.33. The maximum absolute atomic E-state index is 12.2. The van der Waals surface area contributed by atoms with Gasteiger partial charge in [0, 0.05) is 13.1 Å². The number of hydrogen-bond donors (Lipinski definition) is 1. The third kappa shape index (κ3) is 3.90. The minimum Gasteiger partial charge on any atom is -0.497 e. The number of carbonyl (C=O) groups excluding carboxylic acids is 2. The van der Waals surface area contributed by atoms with Crippen LogP contribution in [0.1, 0.15) is 19.8 Å².